The number of para-hydroxylation sites is 1. The lowest BCUT2D eigenvalue weighted by Crippen LogP contribution is -2.13. The lowest BCUT2D eigenvalue weighted by atomic mass is 10.1. The minimum Gasteiger partial charge on any atom is -0.361 e. The van der Waals surface area contributed by atoms with Gasteiger partial charge in [-0.05, 0) is 24.3 Å². The van der Waals surface area contributed by atoms with E-state index in [-0.39, 0.29) is 5.91 Å². The third kappa shape index (κ3) is 1.82. The smallest absolute Gasteiger partial charge is 0.258 e. The second-order valence-electron chi connectivity index (χ2n) is 3.81. The molecule has 0 aliphatic rings. The molecule has 3 rings (SSSR count). The summed E-state index contributed by atoms with van der Waals surface area (Å²) in [6, 6.07) is 10.9. The van der Waals surface area contributed by atoms with Crippen LogP contribution in [0.2, 0.25) is 0 Å². The molecule has 0 saturated heterocycles. The largest absolute Gasteiger partial charge is 0.361 e. The van der Waals surface area contributed by atoms with Gasteiger partial charge in [0.25, 0.3) is 5.91 Å². The fourth-order valence-corrected chi connectivity index (χ4v) is 1.83. The van der Waals surface area contributed by atoms with Crippen molar-refractivity contribution in [2.75, 3.05) is 5.32 Å². The molecule has 0 aliphatic heterocycles. The van der Waals surface area contributed by atoms with E-state index in [1.54, 1.807) is 24.4 Å². The molecule has 0 unspecified atom stereocenters. The summed E-state index contributed by atoms with van der Waals surface area (Å²) in [6.07, 6.45) is 3.37. The van der Waals surface area contributed by atoms with Crippen LogP contribution in [-0.4, -0.2) is 21.1 Å². The lowest BCUT2D eigenvalue weighted by molar-refractivity contribution is 0.102. The van der Waals surface area contributed by atoms with Crippen molar-refractivity contribution in [2.24, 2.45) is 0 Å². The van der Waals surface area contributed by atoms with Gasteiger partial charge >= 0.3 is 0 Å². The van der Waals surface area contributed by atoms with Gasteiger partial charge in [0.05, 0.1) is 11.1 Å². The number of carbonyl (C=O) groups excluding carboxylic acids is 1. The number of rotatable bonds is 2. The Bertz CT molecular complexity index is 690. The Kier molecular flexibility index (Phi) is 2.49. The number of fused-ring (bicyclic) bond motifs is 1. The zero-order chi connectivity index (χ0) is 12.4. The fraction of sp³-hybridized carbons (Fsp3) is 0. The van der Waals surface area contributed by atoms with Gasteiger partial charge < -0.3 is 10.3 Å². The van der Waals surface area contributed by atoms with Crippen molar-refractivity contribution in [3.05, 3.63) is 54.4 Å². The van der Waals surface area contributed by atoms with Gasteiger partial charge in [0.2, 0.25) is 0 Å². The molecule has 2 N–H and O–H groups in total. The summed E-state index contributed by atoms with van der Waals surface area (Å²) in [7, 11) is 0. The number of amides is 1. The first-order valence-corrected chi connectivity index (χ1v) is 5.50. The van der Waals surface area contributed by atoms with E-state index < -0.39 is 0 Å². The van der Waals surface area contributed by atoms with E-state index in [4.69, 9.17) is 0 Å². The number of nitrogens with one attached hydrogen (secondary N) is 2. The molecule has 0 saturated carbocycles. The van der Waals surface area contributed by atoms with Gasteiger partial charge in [-0.15, -0.1) is 5.10 Å². The quantitative estimate of drug-likeness (QED) is 0.719. The highest BCUT2D eigenvalue weighted by molar-refractivity contribution is 6.11. The molecule has 0 atom stereocenters. The summed E-state index contributed by atoms with van der Waals surface area (Å²) in [5.74, 6) is 0.231. The zero-order valence-corrected chi connectivity index (χ0v) is 9.42. The average Bonchev–Trinajstić information content (AvgIpc) is 2.87. The normalized spacial score (nSPS) is 10.4. The SMILES string of the molecule is O=C(Nc1cccnn1)c1cccc2cc[nH]c12. The van der Waals surface area contributed by atoms with Gasteiger partial charge in [0, 0.05) is 17.8 Å². The van der Waals surface area contributed by atoms with Crippen LogP contribution < -0.4 is 5.32 Å². The highest BCUT2D eigenvalue weighted by atomic mass is 16.1. The molecular weight excluding hydrogens is 228 g/mol. The minimum atomic E-state index is -0.205. The molecule has 5 nitrogen and oxygen atoms in total. The average molecular weight is 238 g/mol. The standard InChI is InChI=1S/C13H10N4O/c18-13(16-11-5-2-7-15-17-11)10-4-1-3-9-6-8-14-12(9)10/h1-8,14H,(H,16,17,18). The molecule has 3 aromatic rings. The molecule has 1 aromatic carbocycles. The van der Waals surface area contributed by atoms with E-state index in [2.05, 4.69) is 20.5 Å². The summed E-state index contributed by atoms with van der Waals surface area (Å²) in [5.41, 5.74) is 1.40. The molecule has 2 aromatic heterocycles. The second-order valence-corrected chi connectivity index (χ2v) is 3.81. The highest BCUT2D eigenvalue weighted by Crippen LogP contribution is 2.17. The number of hydrogen-bond donors (Lipinski definition) is 2. The molecule has 18 heavy (non-hydrogen) atoms. The van der Waals surface area contributed by atoms with Crippen molar-refractivity contribution < 1.29 is 4.79 Å². The van der Waals surface area contributed by atoms with Gasteiger partial charge in [-0.2, -0.15) is 5.10 Å². The molecule has 0 spiro atoms. The van der Waals surface area contributed by atoms with E-state index in [1.165, 1.54) is 0 Å². The van der Waals surface area contributed by atoms with Crippen molar-refractivity contribution in [2.45, 2.75) is 0 Å². The van der Waals surface area contributed by atoms with Crippen molar-refractivity contribution >= 4 is 22.6 Å². The molecule has 88 valence electrons. The fourth-order valence-electron chi connectivity index (χ4n) is 1.83. The number of benzene rings is 1. The molecule has 5 heteroatoms. The Morgan fingerprint density at radius 1 is 1.17 bits per heavy atom. The zero-order valence-electron chi connectivity index (χ0n) is 9.42. The van der Waals surface area contributed by atoms with E-state index in [0.29, 0.717) is 11.4 Å². The Labute approximate surface area is 103 Å². The van der Waals surface area contributed by atoms with Crippen LogP contribution in [0.15, 0.2) is 48.8 Å². The lowest BCUT2D eigenvalue weighted by Gasteiger charge is -2.04. The Balaban J connectivity index is 1.95. The Morgan fingerprint density at radius 3 is 2.94 bits per heavy atom. The third-order valence-electron chi connectivity index (χ3n) is 2.65. The van der Waals surface area contributed by atoms with Crippen LogP contribution in [0.4, 0.5) is 5.82 Å². The Hall–Kier alpha value is -2.69. The molecule has 0 fully saturated rings. The summed E-state index contributed by atoms with van der Waals surface area (Å²) in [4.78, 5) is 15.2. The van der Waals surface area contributed by atoms with Crippen molar-refractivity contribution in [3.63, 3.8) is 0 Å². The predicted molar refractivity (Wildman–Crippen MR) is 68.3 cm³/mol. The number of aromatic nitrogens is 3. The highest BCUT2D eigenvalue weighted by Gasteiger charge is 2.11. The summed E-state index contributed by atoms with van der Waals surface area (Å²) >= 11 is 0. The number of aromatic amines is 1. The Morgan fingerprint density at radius 2 is 2.11 bits per heavy atom. The molecule has 0 radical (unpaired) electrons. The van der Waals surface area contributed by atoms with Gasteiger partial charge in [-0.3, -0.25) is 4.79 Å². The summed E-state index contributed by atoms with van der Waals surface area (Å²) in [6.45, 7) is 0. The molecule has 0 aliphatic carbocycles. The van der Waals surface area contributed by atoms with Crippen LogP contribution in [0.25, 0.3) is 10.9 Å². The predicted octanol–water partition coefficient (Wildman–Crippen LogP) is 2.21. The maximum Gasteiger partial charge on any atom is 0.258 e. The molecule has 2 heterocycles. The van der Waals surface area contributed by atoms with Crippen LogP contribution in [0.5, 0.6) is 0 Å². The molecule has 0 bridgehead atoms. The van der Waals surface area contributed by atoms with Crippen LogP contribution in [0.3, 0.4) is 0 Å². The monoisotopic (exact) mass is 238 g/mol. The van der Waals surface area contributed by atoms with Crippen LogP contribution in [-0.2, 0) is 0 Å². The van der Waals surface area contributed by atoms with Crippen molar-refractivity contribution in [3.8, 4) is 0 Å². The summed E-state index contributed by atoms with van der Waals surface area (Å²) < 4.78 is 0. The van der Waals surface area contributed by atoms with Gasteiger partial charge in [-0.25, -0.2) is 0 Å². The number of nitrogens with zero attached hydrogens (tertiary/aromatic N) is 2. The van der Waals surface area contributed by atoms with Gasteiger partial charge in [0.15, 0.2) is 5.82 Å². The van der Waals surface area contributed by atoms with Crippen molar-refractivity contribution in [1.82, 2.24) is 15.2 Å². The summed E-state index contributed by atoms with van der Waals surface area (Å²) in [5, 5.41) is 11.2. The maximum atomic E-state index is 12.1. The first-order chi connectivity index (χ1) is 8.84. The van der Waals surface area contributed by atoms with Gasteiger partial charge in [0.1, 0.15) is 0 Å². The van der Waals surface area contributed by atoms with Crippen LogP contribution in [0, 0.1) is 0 Å². The van der Waals surface area contributed by atoms with E-state index in [1.807, 2.05) is 24.4 Å². The number of carbonyl (C=O) groups is 1. The number of anilines is 1. The number of hydrogen-bond acceptors (Lipinski definition) is 3. The second kappa shape index (κ2) is 4.29. The molecule has 1 amide bonds. The van der Waals surface area contributed by atoms with E-state index in [9.17, 15) is 4.79 Å². The maximum absolute atomic E-state index is 12.1. The van der Waals surface area contributed by atoms with E-state index >= 15 is 0 Å². The van der Waals surface area contributed by atoms with E-state index in [0.717, 1.165) is 10.9 Å². The van der Waals surface area contributed by atoms with Crippen molar-refractivity contribution in [1.29, 1.82) is 0 Å². The molecular formula is C13H10N4O. The minimum absolute atomic E-state index is 0.205. The first kappa shape index (κ1) is 10.5. The third-order valence-corrected chi connectivity index (χ3v) is 2.65. The van der Waals surface area contributed by atoms with Crippen LogP contribution in [0.1, 0.15) is 10.4 Å². The van der Waals surface area contributed by atoms with Crippen LogP contribution >= 0.6 is 0 Å². The van der Waals surface area contributed by atoms with Gasteiger partial charge in [-0.1, -0.05) is 12.1 Å². The number of H-pyrrole nitrogens is 1. The first-order valence-electron chi connectivity index (χ1n) is 5.50. The topological polar surface area (TPSA) is 70.7 Å².